The highest BCUT2D eigenvalue weighted by Crippen LogP contribution is 2.30. The van der Waals surface area contributed by atoms with Crippen LogP contribution >= 0.6 is 0 Å². The van der Waals surface area contributed by atoms with Crippen molar-refractivity contribution in [1.29, 1.82) is 0 Å². The van der Waals surface area contributed by atoms with Crippen LogP contribution in [-0.4, -0.2) is 24.0 Å². The van der Waals surface area contributed by atoms with Gasteiger partial charge in [-0.2, -0.15) is 0 Å². The number of ether oxygens (including phenoxy) is 2. The molecule has 1 aromatic heterocycles. The quantitative estimate of drug-likeness (QED) is 0.633. The summed E-state index contributed by atoms with van der Waals surface area (Å²) >= 11 is 0. The van der Waals surface area contributed by atoms with Gasteiger partial charge in [0.05, 0.1) is 0 Å². The lowest BCUT2D eigenvalue weighted by Gasteiger charge is -2.18. The Morgan fingerprint density at radius 3 is 2.80 bits per heavy atom. The Labute approximate surface area is 116 Å². The van der Waals surface area contributed by atoms with Crippen molar-refractivity contribution >= 4 is 11.9 Å². The number of hydrogen-bond acceptors (Lipinski definition) is 4. The molecule has 0 radical (unpaired) electrons. The number of pyridine rings is 1. The highest BCUT2D eigenvalue weighted by atomic mass is 16.6. The number of fused-ring (bicyclic) bond motifs is 1. The number of nitrogens with zero attached hydrogens (tertiary/aromatic N) is 1. The second-order valence-corrected chi connectivity index (χ2v) is 4.34. The summed E-state index contributed by atoms with van der Waals surface area (Å²) in [6.45, 7) is 1.05. The van der Waals surface area contributed by atoms with Crippen LogP contribution in [0.15, 0.2) is 48.8 Å². The number of carbonyl (C=O) groups excluding carboxylic acids is 1. The number of allylic oxidation sites excluding steroid dienone is 1. The molecule has 20 heavy (non-hydrogen) atoms. The molecule has 0 unspecified atom stereocenters. The fourth-order valence-corrected chi connectivity index (χ4v) is 1.94. The van der Waals surface area contributed by atoms with Gasteiger partial charge >= 0.3 is 0 Å². The number of rotatable bonds is 3. The maximum absolute atomic E-state index is 12.1. The van der Waals surface area contributed by atoms with E-state index in [1.54, 1.807) is 36.7 Å². The van der Waals surface area contributed by atoms with Gasteiger partial charge < -0.3 is 9.47 Å². The highest BCUT2D eigenvalue weighted by molar-refractivity contribution is 6.07. The Balaban J connectivity index is 1.79. The van der Waals surface area contributed by atoms with E-state index in [-0.39, 0.29) is 5.78 Å². The van der Waals surface area contributed by atoms with Crippen LogP contribution in [0.5, 0.6) is 11.5 Å². The van der Waals surface area contributed by atoms with Crippen LogP contribution in [-0.2, 0) is 0 Å². The minimum absolute atomic E-state index is 0.0779. The molecule has 4 nitrogen and oxygen atoms in total. The van der Waals surface area contributed by atoms with Gasteiger partial charge in [-0.25, -0.2) is 0 Å². The first kappa shape index (κ1) is 12.4. The van der Waals surface area contributed by atoms with Crippen LogP contribution in [0.25, 0.3) is 6.08 Å². The minimum Gasteiger partial charge on any atom is -0.486 e. The molecule has 100 valence electrons. The predicted octanol–water partition coefficient (Wildman–Crippen LogP) is 2.75. The van der Waals surface area contributed by atoms with Crippen molar-refractivity contribution in [2.75, 3.05) is 13.2 Å². The van der Waals surface area contributed by atoms with Crippen LogP contribution in [0.4, 0.5) is 0 Å². The molecule has 0 fully saturated rings. The van der Waals surface area contributed by atoms with E-state index in [4.69, 9.17) is 9.47 Å². The summed E-state index contributed by atoms with van der Waals surface area (Å²) in [6.07, 6.45) is 6.67. The predicted molar refractivity (Wildman–Crippen MR) is 75.0 cm³/mol. The van der Waals surface area contributed by atoms with E-state index in [1.807, 2.05) is 12.1 Å². The van der Waals surface area contributed by atoms with Crippen LogP contribution in [0.3, 0.4) is 0 Å². The number of ketones is 1. The van der Waals surface area contributed by atoms with Crippen molar-refractivity contribution in [3.63, 3.8) is 0 Å². The van der Waals surface area contributed by atoms with E-state index in [9.17, 15) is 4.79 Å². The summed E-state index contributed by atoms with van der Waals surface area (Å²) in [6, 6.07) is 8.93. The summed E-state index contributed by atoms with van der Waals surface area (Å²) < 4.78 is 10.9. The first-order valence-electron chi connectivity index (χ1n) is 6.35. The Morgan fingerprint density at radius 2 is 2.00 bits per heavy atom. The number of benzene rings is 1. The molecule has 1 aliphatic heterocycles. The van der Waals surface area contributed by atoms with Crippen molar-refractivity contribution in [2.45, 2.75) is 0 Å². The van der Waals surface area contributed by atoms with E-state index in [2.05, 4.69) is 4.98 Å². The highest BCUT2D eigenvalue weighted by Gasteiger charge is 2.13. The fourth-order valence-electron chi connectivity index (χ4n) is 1.94. The fraction of sp³-hybridized carbons (Fsp3) is 0.125. The SMILES string of the molecule is O=C(/C=C/c1cccnc1)c1ccc2c(c1)OCCO2. The van der Waals surface area contributed by atoms with Crippen LogP contribution in [0, 0.1) is 0 Å². The van der Waals surface area contributed by atoms with Crippen molar-refractivity contribution in [1.82, 2.24) is 4.98 Å². The van der Waals surface area contributed by atoms with E-state index < -0.39 is 0 Å². The lowest BCUT2D eigenvalue weighted by atomic mass is 10.1. The maximum Gasteiger partial charge on any atom is 0.185 e. The summed E-state index contributed by atoms with van der Waals surface area (Å²) in [5, 5.41) is 0. The van der Waals surface area contributed by atoms with Gasteiger partial charge in [0, 0.05) is 18.0 Å². The van der Waals surface area contributed by atoms with Gasteiger partial charge in [-0.1, -0.05) is 6.07 Å². The topological polar surface area (TPSA) is 48.4 Å². The van der Waals surface area contributed by atoms with Crippen LogP contribution < -0.4 is 9.47 Å². The first-order valence-corrected chi connectivity index (χ1v) is 6.35. The lowest BCUT2D eigenvalue weighted by Crippen LogP contribution is -2.15. The van der Waals surface area contributed by atoms with Gasteiger partial charge in [0.2, 0.25) is 0 Å². The van der Waals surface area contributed by atoms with E-state index >= 15 is 0 Å². The average molecular weight is 267 g/mol. The number of hydrogen-bond donors (Lipinski definition) is 0. The van der Waals surface area contributed by atoms with E-state index in [1.165, 1.54) is 6.08 Å². The molecule has 1 aliphatic rings. The molecule has 0 saturated carbocycles. The first-order chi connectivity index (χ1) is 9.83. The molecule has 0 aliphatic carbocycles. The van der Waals surface area contributed by atoms with Gasteiger partial charge in [-0.15, -0.1) is 0 Å². The maximum atomic E-state index is 12.1. The Hall–Kier alpha value is -2.62. The minimum atomic E-state index is -0.0779. The zero-order valence-corrected chi connectivity index (χ0v) is 10.8. The molecule has 3 rings (SSSR count). The number of aromatic nitrogens is 1. The summed E-state index contributed by atoms with van der Waals surface area (Å²) in [7, 11) is 0. The second-order valence-electron chi connectivity index (χ2n) is 4.34. The van der Waals surface area contributed by atoms with Gasteiger partial charge in [-0.05, 0) is 42.0 Å². The average Bonchev–Trinajstić information content (AvgIpc) is 2.53. The molecule has 0 saturated heterocycles. The zero-order chi connectivity index (χ0) is 13.8. The van der Waals surface area contributed by atoms with Gasteiger partial charge in [0.1, 0.15) is 13.2 Å². The van der Waals surface area contributed by atoms with Crippen molar-refractivity contribution in [3.05, 3.63) is 59.9 Å². The number of carbonyl (C=O) groups is 1. The normalized spacial score (nSPS) is 13.4. The third-order valence-electron chi connectivity index (χ3n) is 2.94. The smallest absolute Gasteiger partial charge is 0.185 e. The van der Waals surface area contributed by atoms with Gasteiger partial charge in [0.15, 0.2) is 17.3 Å². The van der Waals surface area contributed by atoms with Crippen molar-refractivity contribution < 1.29 is 14.3 Å². The largest absolute Gasteiger partial charge is 0.486 e. The summed E-state index contributed by atoms with van der Waals surface area (Å²) in [5.41, 5.74) is 1.47. The lowest BCUT2D eigenvalue weighted by molar-refractivity contribution is 0.104. The third-order valence-corrected chi connectivity index (χ3v) is 2.94. The van der Waals surface area contributed by atoms with Crippen molar-refractivity contribution in [3.8, 4) is 11.5 Å². The molecule has 0 amide bonds. The van der Waals surface area contributed by atoms with Gasteiger partial charge in [-0.3, -0.25) is 9.78 Å². The Morgan fingerprint density at radius 1 is 1.15 bits per heavy atom. The summed E-state index contributed by atoms with van der Waals surface area (Å²) in [5.74, 6) is 1.23. The molecule has 0 bridgehead atoms. The molecule has 0 N–H and O–H groups in total. The molecular weight excluding hydrogens is 254 g/mol. The van der Waals surface area contributed by atoms with Crippen molar-refractivity contribution in [2.24, 2.45) is 0 Å². The molecule has 1 aromatic carbocycles. The summed E-state index contributed by atoms with van der Waals surface area (Å²) in [4.78, 5) is 16.1. The van der Waals surface area contributed by atoms with Crippen LogP contribution in [0.2, 0.25) is 0 Å². The van der Waals surface area contributed by atoms with Crippen LogP contribution in [0.1, 0.15) is 15.9 Å². The third kappa shape index (κ3) is 2.69. The monoisotopic (exact) mass is 267 g/mol. The Bertz CT molecular complexity index is 650. The van der Waals surface area contributed by atoms with E-state index in [0.717, 1.165) is 5.56 Å². The molecule has 2 heterocycles. The molecule has 2 aromatic rings. The Kier molecular flexibility index (Phi) is 3.46. The molecular formula is C16H13NO3. The van der Waals surface area contributed by atoms with Gasteiger partial charge in [0.25, 0.3) is 0 Å². The molecule has 0 atom stereocenters. The molecule has 4 heteroatoms. The molecule has 0 spiro atoms. The van der Waals surface area contributed by atoms with E-state index in [0.29, 0.717) is 30.3 Å². The zero-order valence-electron chi connectivity index (χ0n) is 10.8. The second kappa shape index (κ2) is 5.57. The standard InChI is InChI=1S/C16H13NO3/c18-14(5-3-12-2-1-7-17-11-12)13-4-6-15-16(10-13)20-9-8-19-15/h1-7,10-11H,8-9H2/b5-3+.